The molecule has 2 aromatic rings. The Bertz CT molecular complexity index is 517. The molecule has 17 heavy (non-hydrogen) atoms. The Morgan fingerprint density at radius 3 is 2.76 bits per heavy atom. The number of H-pyrrole nitrogens is 1. The summed E-state index contributed by atoms with van der Waals surface area (Å²) in [6, 6.07) is 6.81. The number of benzene rings is 1. The summed E-state index contributed by atoms with van der Waals surface area (Å²) in [6.45, 7) is 6.07. The van der Waals surface area contributed by atoms with Gasteiger partial charge < -0.3 is 5.32 Å². The fraction of sp³-hybridized carbons (Fsp3) is 0.308. The third-order valence-corrected chi connectivity index (χ3v) is 2.55. The molecule has 3 nitrogen and oxygen atoms in total. The fourth-order valence-electron chi connectivity index (χ4n) is 1.74. The van der Waals surface area contributed by atoms with E-state index in [1.165, 1.54) is 12.1 Å². The van der Waals surface area contributed by atoms with E-state index in [0.717, 1.165) is 22.6 Å². The highest BCUT2D eigenvalue weighted by Crippen LogP contribution is 2.26. The van der Waals surface area contributed by atoms with Crippen LogP contribution >= 0.6 is 0 Å². The van der Waals surface area contributed by atoms with Crippen LogP contribution in [0.4, 0.5) is 10.2 Å². The van der Waals surface area contributed by atoms with Gasteiger partial charge in [-0.05, 0) is 32.9 Å². The van der Waals surface area contributed by atoms with Gasteiger partial charge in [0, 0.05) is 17.2 Å². The van der Waals surface area contributed by atoms with Crippen LogP contribution < -0.4 is 5.32 Å². The maximum absolute atomic E-state index is 13.2. The SMILES string of the molecule is Cc1c(NC(C)C)n[nH]c1-c1cccc(F)c1. The fourth-order valence-corrected chi connectivity index (χ4v) is 1.74. The Hall–Kier alpha value is -1.84. The van der Waals surface area contributed by atoms with E-state index in [2.05, 4.69) is 29.4 Å². The molecule has 0 saturated carbocycles. The summed E-state index contributed by atoms with van der Waals surface area (Å²) in [6.07, 6.45) is 0. The molecule has 2 N–H and O–H groups in total. The highest BCUT2D eigenvalue weighted by atomic mass is 19.1. The maximum atomic E-state index is 13.2. The van der Waals surface area contributed by atoms with Crippen LogP contribution in [0.15, 0.2) is 24.3 Å². The third-order valence-electron chi connectivity index (χ3n) is 2.55. The Balaban J connectivity index is 2.37. The number of rotatable bonds is 3. The monoisotopic (exact) mass is 233 g/mol. The summed E-state index contributed by atoms with van der Waals surface area (Å²) < 4.78 is 13.2. The summed E-state index contributed by atoms with van der Waals surface area (Å²) in [7, 11) is 0. The molecule has 0 aliphatic rings. The molecule has 0 saturated heterocycles. The molecule has 1 aromatic heterocycles. The van der Waals surface area contributed by atoms with Gasteiger partial charge in [-0.3, -0.25) is 5.10 Å². The normalized spacial score (nSPS) is 10.9. The van der Waals surface area contributed by atoms with Gasteiger partial charge in [-0.2, -0.15) is 5.10 Å². The van der Waals surface area contributed by atoms with E-state index >= 15 is 0 Å². The van der Waals surface area contributed by atoms with E-state index < -0.39 is 0 Å². The Kier molecular flexibility index (Phi) is 3.13. The molecule has 0 unspecified atom stereocenters. The molecule has 0 aliphatic heterocycles. The number of hydrogen-bond donors (Lipinski definition) is 2. The molecule has 0 spiro atoms. The molecule has 90 valence electrons. The summed E-state index contributed by atoms with van der Waals surface area (Å²) in [5.74, 6) is 0.578. The standard InChI is InChI=1S/C13H16FN3/c1-8(2)15-13-9(3)12(16-17-13)10-5-4-6-11(14)7-10/h4-8H,1-3H3,(H2,15,16,17). The van der Waals surface area contributed by atoms with Crippen LogP contribution in [0.3, 0.4) is 0 Å². The second kappa shape index (κ2) is 4.57. The number of aromatic nitrogens is 2. The van der Waals surface area contributed by atoms with Crippen molar-refractivity contribution in [2.45, 2.75) is 26.8 Å². The zero-order valence-corrected chi connectivity index (χ0v) is 10.2. The van der Waals surface area contributed by atoms with Gasteiger partial charge in [0.25, 0.3) is 0 Å². The van der Waals surface area contributed by atoms with Crippen molar-refractivity contribution < 1.29 is 4.39 Å². The molecule has 2 rings (SSSR count). The summed E-state index contributed by atoms with van der Waals surface area (Å²) >= 11 is 0. The summed E-state index contributed by atoms with van der Waals surface area (Å²) in [4.78, 5) is 0. The van der Waals surface area contributed by atoms with Crippen LogP contribution in [0, 0.1) is 12.7 Å². The Morgan fingerprint density at radius 2 is 2.12 bits per heavy atom. The van der Waals surface area contributed by atoms with Crippen LogP contribution in [-0.2, 0) is 0 Å². The quantitative estimate of drug-likeness (QED) is 0.853. The number of anilines is 1. The molecule has 0 aliphatic carbocycles. The van der Waals surface area contributed by atoms with Crippen molar-refractivity contribution in [1.82, 2.24) is 10.2 Å². The predicted molar refractivity (Wildman–Crippen MR) is 67.5 cm³/mol. The van der Waals surface area contributed by atoms with Gasteiger partial charge >= 0.3 is 0 Å². The lowest BCUT2D eigenvalue weighted by Crippen LogP contribution is -2.10. The highest BCUT2D eigenvalue weighted by Gasteiger charge is 2.11. The molecule has 0 amide bonds. The van der Waals surface area contributed by atoms with Gasteiger partial charge in [-0.25, -0.2) is 4.39 Å². The van der Waals surface area contributed by atoms with Crippen molar-refractivity contribution in [3.8, 4) is 11.3 Å². The zero-order chi connectivity index (χ0) is 12.4. The average molecular weight is 233 g/mol. The van der Waals surface area contributed by atoms with E-state index in [1.807, 2.05) is 13.0 Å². The van der Waals surface area contributed by atoms with E-state index in [1.54, 1.807) is 6.07 Å². The van der Waals surface area contributed by atoms with E-state index in [4.69, 9.17) is 0 Å². The molecule has 0 fully saturated rings. The molecule has 0 bridgehead atoms. The first kappa shape index (κ1) is 11.6. The maximum Gasteiger partial charge on any atom is 0.151 e. The molecule has 1 aromatic carbocycles. The lowest BCUT2D eigenvalue weighted by molar-refractivity contribution is 0.628. The van der Waals surface area contributed by atoms with E-state index in [9.17, 15) is 4.39 Å². The van der Waals surface area contributed by atoms with Gasteiger partial charge in [0.05, 0.1) is 5.69 Å². The number of halogens is 1. The van der Waals surface area contributed by atoms with Gasteiger partial charge in [-0.15, -0.1) is 0 Å². The lowest BCUT2D eigenvalue weighted by atomic mass is 10.1. The summed E-state index contributed by atoms with van der Waals surface area (Å²) in [5.41, 5.74) is 2.67. The Morgan fingerprint density at radius 1 is 1.35 bits per heavy atom. The van der Waals surface area contributed by atoms with Gasteiger partial charge in [-0.1, -0.05) is 12.1 Å². The minimum absolute atomic E-state index is 0.241. The third kappa shape index (κ3) is 2.46. The number of aromatic amines is 1. The minimum atomic E-state index is -0.241. The van der Waals surface area contributed by atoms with Crippen molar-refractivity contribution in [2.24, 2.45) is 0 Å². The second-order valence-electron chi connectivity index (χ2n) is 4.38. The van der Waals surface area contributed by atoms with Crippen LogP contribution in [0.1, 0.15) is 19.4 Å². The average Bonchev–Trinajstić information content (AvgIpc) is 2.60. The summed E-state index contributed by atoms with van der Waals surface area (Å²) in [5, 5.41) is 10.4. The number of nitrogens with zero attached hydrogens (tertiary/aromatic N) is 1. The highest BCUT2D eigenvalue weighted by molar-refractivity contribution is 5.68. The first-order valence-corrected chi connectivity index (χ1v) is 5.65. The van der Waals surface area contributed by atoms with Crippen LogP contribution in [-0.4, -0.2) is 16.2 Å². The lowest BCUT2D eigenvalue weighted by Gasteiger charge is -2.07. The first-order valence-electron chi connectivity index (χ1n) is 5.65. The Labute approximate surface area is 100 Å². The number of hydrogen-bond acceptors (Lipinski definition) is 2. The van der Waals surface area contributed by atoms with Gasteiger partial charge in [0.15, 0.2) is 5.82 Å². The topological polar surface area (TPSA) is 40.7 Å². The molecule has 0 atom stereocenters. The van der Waals surface area contributed by atoms with Crippen LogP contribution in [0.25, 0.3) is 11.3 Å². The molecular formula is C13H16FN3. The molecule has 1 heterocycles. The van der Waals surface area contributed by atoms with Crippen molar-refractivity contribution in [1.29, 1.82) is 0 Å². The number of nitrogens with one attached hydrogen (secondary N) is 2. The van der Waals surface area contributed by atoms with Crippen molar-refractivity contribution in [3.05, 3.63) is 35.6 Å². The largest absolute Gasteiger partial charge is 0.366 e. The predicted octanol–water partition coefficient (Wildman–Crippen LogP) is 3.34. The zero-order valence-electron chi connectivity index (χ0n) is 10.2. The second-order valence-corrected chi connectivity index (χ2v) is 4.38. The molecule has 4 heteroatoms. The molecular weight excluding hydrogens is 217 g/mol. The first-order chi connectivity index (χ1) is 8.08. The van der Waals surface area contributed by atoms with Crippen LogP contribution in [0.5, 0.6) is 0 Å². The van der Waals surface area contributed by atoms with E-state index in [-0.39, 0.29) is 5.82 Å². The molecule has 0 radical (unpaired) electrons. The van der Waals surface area contributed by atoms with Gasteiger partial charge in [0.1, 0.15) is 5.82 Å². The van der Waals surface area contributed by atoms with Crippen molar-refractivity contribution in [3.63, 3.8) is 0 Å². The minimum Gasteiger partial charge on any atom is -0.366 e. The van der Waals surface area contributed by atoms with Crippen LogP contribution in [0.2, 0.25) is 0 Å². The van der Waals surface area contributed by atoms with E-state index in [0.29, 0.717) is 6.04 Å². The van der Waals surface area contributed by atoms with Crippen molar-refractivity contribution >= 4 is 5.82 Å². The van der Waals surface area contributed by atoms with Gasteiger partial charge in [0.2, 0.25) is 0 Å². The van der Waals surface area contributed by atoms with Crippen molar-refractivity contribution in [2.75, 3.05) is 5.32 Å². The smallest absolute Gasteiger partial charge is 0.151 e.